The van der Waals surface area contributed by atoms with E-state index < -0.39 is 5.82 Å². The Bertz CT molecular complexity index is 928. The van der Waals surface area contributed by atoms with Gasteiger partial charge in [-0.25, -0.2) is 8.78 Å². The van der Waals surface area contributed by atoms with Crippen molar-refractivity contribution in [2.75, 3.05) is 0 Å². The van der Waals surface area contributed by atoms with Gasteiger partial charge in [-0.15, -0.1) is 0 Å². The van der Waals surface area contributed by atoms with E-state index in [4.69, 9.17) is 0 Å². The third-order valence-electron chi connectivity index (χ3n) is 8.35. The fourth-order valence-electron chi connectivity index (χ4n) is 6.50. The molecular formula is C30H40F2. The van der Waals surface area contributed by atoms with E-state index >= 15 is 4.39 Å². The summed E-state index contributed by atoms with van der Waals surface area (Å²) in [4.78, 5) is 0. The van der Waals surface area contributed by atoms with Gasteiger partial charge in [0.1, 0.15) is 11.6 Å². The second-order valence-electron chi connectivity index (χ2n) is 10.4. The van der Waals surface area contributed by atoms with E-state index in [2.05, 4.69) is 19.1 Å². The van der Waals surface area contributed by atoms with E-state index in [0.717, 1.165) is 17.8 Å². The summed E-state index contributed by atoms with van der Waals surface area (Å²) in [6.07, 6.45) is 18.5. The van der Waals surface area contributed by atoms with Crippen LogP contribution >= 0.6 is 0 Å². The van der Waals surface area contributed by atoms with Crippen molar-refractivity contribution in [3.63, 3.8) is 0 Å². The Labute approximate surface area is 193 Å². The highest BCUT2D eigenvalue weighted by atomic mass is 19.1. The minimum absolute atomic E-state index is 0.222. The van der Waals surface area contributed by atoms with Crippen LogP contribution in [0.2, 0.25) is 0 Å². The highest BCUT2D eigenvalue weighted by Crippen LogP contribution is 2.48. The van der Waals surface area contributed by atoms with Gasteiger partial charge in [-0.05, 0) is 92.6 Å². The molecule has 0 N–H and O–H groups in total. The molecule has 4 unspecified atom stereocenters. The standard InChI is InChI=1S/C30H40F2/c1-3-5-7-9-21-11-12-23-18-24(14-13-22(23)17-21)25-15-16-27-26(19-25)20-29(31)28(30(27)32)10-8-6-4-2/h4,6,15-16,19-24H,3,5,7-14,17-18H2,1-2H3. The minimum atomic E-state index is -0.401. The van der Waals surface area contributed by atoms with Crippen molar-refractivity contribution >= 4 is 10.8 Å². The van der Waals surface area contributed by atoms with Crippen LogP contribution in [0.5, 0.6) is 0 Å². The topological polar surface area (TPSA) is 0 Å². The monoisotopic (exact) mass is 438 g/mol. The molecule has 174 valence electrons. The average molecular weight is 439 g/mol. The van der Waals surface area contributed by atoms with Gasteiger partial charge in [0.25, 0.3) is 0 Å². The van der Waals surface area contributed by atoms with Crippen molar-refractivity contribution in [2.24, 2.45) is 17.8 Å². The maximum atomic E-state index is 15.0. The van der Waals surface area contributed by atoms with Crippen molar-refractivity contribution in [3.8, 4) is 0 Å². The zero-order valence-electron chi connectivity index (χ0n) is 20.0. The summed E-state index contributed by atoms with van der Waals surface area (Å²) in [5, 5.41) is 1.28. The van der Waals surface area contributed by atoms with Crippen molar-refractivity contribution < 1.29 is 8.78 Å². The summed E-state index contributed by atoms with van der Waals surface area (Å²) in [6, 6.07) is 7.63. The van der Waals surface area contributed by atoms with Crippen molar-refractivity contribution in [1.82, 2.24) is 0 Å². The molecule has 0 nitrogen and oxygen atoms in total. The highest BCUT2D eigenvalue weighted by Gasteiger charge is 2.35. The normalized spacial score (nSPS) is 26.0. The van der Waals surface area contributed by atoms with Gasteiger partial charge in [0, 0.05) is 10.9 Å². The first-order valence-electron chi connectivity index (χ1n) is 13.1. The molecule has 0 radical (unpaired) electrons. The van der Waals surface area contributed by atoms with Crippen molar-refractivity contribution in [3.05, 3.63) is 59.2 Å². The van der Waals surface area contributed by atoms with Crippen LogP contribution in [0.1, 0.15) is 102 Å². The first-order chi connectivity index (χ1) is 15.6. The molecule has 2 heteroatoms. The Morgan fingerprint density at radius 2 is 1.78 bits per heavy atom. The van der Waals surface area contributed by atoms with Gasteiger partial charge in [-0.1, -0.05) is 69.4 Å². The van der Waals surface area contributed by atoms with Crippen LogP contribution in [-0.2, 0) is 6.42 Å². The first-order valence-corrected chi connectivity index (χ1v) is 13.1. The summed E-state index contributed by atoms with van der Waals surface area (Å²) in [7, 11) is 0. The molecule has 2 aliphatic carbocycles. The van der Waals surface area contributed by atoms with Gasteiger partial charge >= 0.3 is 0 Å². The van der Waals surface area contributed by atoms with Gasteiger partial charge < -0.3 is 0 Å². The van der Waals surface area contributed by atoms with Gasteiger partial charge in [0.05, 0.1) is 0 Å². The summed E-state index contributed by atoms with van der Waals surface area (Å²) < 4.78 is 29.7. The Morgan fingerprint density at radius 3 is 2.59 bits per heavy atom. The summed E-state index contributed by atoms with van der Waals surface area (Å²) >= 11 is 0. The molecule has 0 amide bonds. The lowest BCUT2D eigenvalue weighted by Crippen LogP contribution is -2.30. The third-order valence-corrected chi connectivity index (χ3v) is 8.35. The number of unbranched alkanes of at least 4 members (excludes halogenated alkanes) is 2. The van der Waals surface area contributed by atoms with Crippen LogP contribution in [-0.4, -0.2) is 0 Å². The molecule has 2 fully saturated rings. The lowest BCUT2D eigenvalue weighted by atomic mass is 9.63. The molecule has 0 heterocycles. The first kappa shape index (κ1) is 23.5. The molecule has 0 saturated heterocycles. The average Bonchev–Trinajstić information content (AvgIpc) is 2.80. The SMILES string of the molecule is CC=CCCc1c(F)cc2cc(C3CCC4CC(CCCCC)CCC4C3)ccc2c1F. The highest BCUT2D eigenvalue weighted by molar-refractivity contribution is 5.85. The van der Waals surface area contributed by atoms with E-state index in [-0.39, 0.29) is 11.4 Å². The van der Waals surface area contributed by atoms with Crippen molar-refractivity contribution in [2.45, 2.75) is 96.8 Å². The van der Waals surface area contributed by atoms with Gasteiger partial charge in [0.2, 0.25) is 0 Å². The van der Waals surface area contributed by atoms with Crippen molar-refractivity contribution in [1.29, 1.82) is 0 Å². The molecule has 0 aromatic heterocycles. The number of benzene rings is 2. The quantitative estimate of drug-likeness (QED) is 0.284. The van der Waals surface area contributed by atoms with Crippen LogP contribution in [0.15, 0.2) is 36.4 Å². The molecule has 2 aliphatic rings. The second kappa shape index (κ2) is 10.9. The number of allylic oxidation sites excluding steroid dienone is 2. The largest absolute Gasteiger partial charge is 0.207 e. The predicted molar refractivity (Wildman–Crippen MR) is 132 cm³/mol. The molecule has 0 bridgehead atoms. The third kappa shape index (κ3) is 5.26. The fraction of sp³-hybridized carbons (Fsp3) is 0.600. The molecule has 2 aromatic rings. The maximum absolute atomic E-state index is 15.0. The summed E-state index contributed by atoms with van der Waals surface area (Å²) in [5.74, 6) is 2.46. The number of hydrogen-bond acceptors (Lipinski definition) is 0. The maximum Gasteiger partial charge on any atom is 0.137 e. The van der Waals surface area contributed by atoms with E-state index in [1.165, 1.54) is 69.8 Å². The van der Waals surface area contributed by atoms with Crippen LogP contribution in [0.25, 0.3) is 10.8 Å². The Balaban J connectivity index is 1.44. The number of fused-ring (bicyclic) bond motifs is 2. The van der Waals surface area contributed by atoms with E-state index in [9.17, 15) is 4.39 Å². The molecule has 2 saturated carbocycles. The molecule has 4 atom stereocenters. The van der Waals surface area contributed by atoms with E-state index in [1.807, 2.05) is 25.1 Å². The smallest absolute Gasteiger partial charge is 0.137 e. The summed E-state index contributed by atoms with van der Waals surface area (Å²) in [5.41, 5.74) is 1.50. The lowest BCUT2D eigenvalue weighted by molar-refractivity contribution is 0.113. The molecular weight excluding hydrogens is 398 g/mol. The Morgan fingerprint density at radius 1 is 0.969 bits per heavy atom. The molecule has 0 aliphatic heterocycles. The van der Waals surface area contributed by atoms with Gasteiger partial charge in [-0.3, -0.25) is 0 Å². The number of rotatable bonds is 8. The Hall–Kier alpha value is -1.70. The number of hydrogen-bond donors (Lipinski definition) is 0. The molecule has 2 aromatic carbocycles. The Kier molecular flexibility index (Phi) is 8.02. The van der Waals surface area contributed by atoms with E-state index in [0.29, 0.717) is 29.5 Å². The lowest BCUT2D eigenvalue weighted by Gasteiger charge is -2.42. The second-order valence-corrected chi connectivity index (χ2v) is 10.4. The van der Waals surface area contributed by atoms with Crippen LogP contribution in [0.3, 0.4) is 0 Å². The van der Waals surface area contributed by atoms with Crippen LogP contribution in [0, 0.1) is 29.4 Å². The van der Waals surface area contributed by atoms with Crippen LogP contribution in [0.4, 0.5) is 8.78 Å². The van der Waals surface area contributed by atoms with Crippen LogP contribution < -0.4 is 0 Å². The molecule has 4 rings (SSSR count). The zero-order valence-corrected chi connectivity index (χ0v) is 20.0. The summed E-state index contributed by atoms with van der Waals surface area (Å²) in [6.45, 7) is 4.22. The predicted octanol–water partition coefficient (Wildman–Crippen LogP) is 9.51. The molecule has 32 heavy (non-hydrogen) atoms. The zero-order chi connectivity index (χ0) is 22.5. The van der Waals surface area contributed by atoms with Gasteiger partial charge in [0.15, 0.2) is 0 Å². The van der Waals surface area contributed by atoms with E-state index in [1.54, 1.807) is 6.07 Å². The fourth-order valence-corrected chi connectivity index (χ4v) is 6.50. The minimum Gasteiger partial charge on any atom is -0.207 e. The van der Waals surface area contributed by atoms with Gasteiger partial charge in [-0.2, -0.15) is 0 Å². The molecule has 0 spiro atoms. The number of halogens is 2.